The third-order valence-electron chi connectivity index (χ3n) is 3.53. The molecule has 0 aliphatic carbocycles. The van der Waals surface area contributed by atoms with Gasteiger partial charge < -0.3 is 4.40 Å². The van der Waals surface area contributed by atoms with Crippen molar-refractivity contribution in [3.05, 3.63) is 59.7 Å². The van der Waals surface area contributed by atoms with E-state index in [4.69, 9.17) is 0 Å². The van der Waals surface area contributed by atoms with Crippen molar-refractivity contribution in [2.45, 2.75) is 13.1 Å². The summed E-state index contributed by atoms with van der Waals surface area (Å²) < 4.78 is 3.81. The van der Waals surface area contributed by atoms with Crippen molar-refractivity contribution < 1.29 is 0 Å². The van der Waals surface area contributed by atoms with Gasteiger partial charge >= 0.3 is 0 Å². The molecule has 3 heterocycles. The van der Waals surface area contributed by atoms with Crippen LogP contribution in [0.5, 0.6) is 0 Å². The first-order valence-corrected chi connectivity index (χ1v) is 6.82. The Morgan fingerprint density at radius 2 is 2.14 bits per heavy atom. The number of rotatable bonds is 4. The quantitative estimate of drug-likeness (QED) is 0.735. The number of pyridine rings is 1. The van der Waals surface area contributed by atoms with Crippen LogP contribution in [0.15, 0.2) is 43.0 Å². The van der Waals surface area contributed by atoms with Crippen molar-refractivity contribution in [2.75, 3.05) is 7.05 Å². The van der Waals surface area contributed by atoms with E-state index in [2.05, 4.69) is 23.1 Å². The maximum atomic E-state index is 9.42. The number of aryl methyl sites for hydroxylation is 1. The van der Waals surface area contributed by atoms with Gasteiger partial charge in [0.05, 0.1) is 17.3 Å². The monoisotopic (exact) mass is 279 g/mol. The third-order valence-corrected chi connectivity index (χ3v) is 3.53. The van der Waals surface area contributed by atoms with Gasteiger partial charge in [-0.3, -0.25) is 9.58 Å². The zero-order chi connectivity index (χ0) is 14.8. The van der Waals surface area contributed by atoms with Gasteiger partial charge in [-0.15, -0.1) is 0 Å². The fourth-order valence-electron chi connectivity index (χ4n) is 2.64. The first-order valence-electron chi connectivity index (χ1n) is 6.82. The molecular weight excluding hydrogens is 262 g/mol. The molecule has 5 heteroatoms. The summed E-state index contributed by atoms with van der Waals surface area (Å²) in [7, 11) is 3.97. The summed E-state index contributed by atoms with van der Waals surface area (Å²) in [5.74, 6) is 0. The lowest BCUT2D eigenvalue weighted by atomic mass is 10.1. The summed E-state index contributed by atoms with van der Waals surface area (Å²) in [6, 6.07) is 8.23. The Bertz CT molecular complexity index is 806. The van der Waals surface area contributed by atoms with Crippen LogP contribution in [0.4, 0.5) is 0 Å². The zero-order valence-electron chi connectivity index (χ0n) is 12.2. The van der Waals surface area contributed by atoms with Gasteiger partial charge in [0.2, 0.25) is 0 Å². The third kappa shape index (κ3) is 2.67. The van der Waals surface area contributed by atoms with E-state index in [1.807, 2.05) is 54.4 Å². The molecule has 3 rings (SSSR count). The molecule has 5 nitrogen and oxygen atoms in total. The van der Waals surface area contributed by atoms with Crippen LogP contribution in [-0.4, -0.2) is 26.1 Å². The summed E-state index contributed by atoms with van der Waals surface area (Å²) in [5, 5.41) is 13.6. The summed E-state index contributed by atoms with van der Waals surface area (Å²) in [4.78, 5) is 2.19. The van der Waals surface area contributed by atoms with Crippen LogP contribution in [0, 0.1) is 11.3 Å². The molecule has 0 aliphatic heterocycles. The van der Waals surface area contributed by atoms with Gasteiger partial charge in [0.15, 0.2) is 0 Å². The van der Waals surface area contributed by atoms with Crippen molar-refractivity contribution in [2.24, 2.45) is 7.05 Å². The fourth-order valence-corrected chi connectivity index (χ4v) is 2.64. The highest BCUT2D eigenvalue weighted by Gasteiger charge is 2.12. The molecule has 0 atom stereocenters. The molecule has 21 heavy (non-hydrogen) atoms. The van der Waals surface area contributed by atoms with Gasteiger partial charge in [0, 0.05) is 49.9 Å². The molecule has 0 unspecified atom stereocenters. The van der Waals surface area contributed by atoms with E-state index in [0.717, 1.165) is 29.7 Å². The van der Waals surface area contributed by atoms with Crippen molar-refractivity contribution in [1.82, 2.24) is 19.1 Å². The molecule has 0 saturated carbocycles. The Kier molecular flexibility index (Phi) is 3.46. The Labute approximate surface area is 123 Å². The fraction of sp³-hybridized carbons (Fsp3) is 0.250. The van der Waals surface area contributed by atoms with E-state index in [0.29, 0.717) is 0 Å². The molecule has 0 aromatic carbocycles. The molecule has 3 aromatic rings. The highest BCUT2D eigenvalue weighted by molar-refractivity contribution is 5.65. The second-order valence-electron chi connectivity index (χ2n) is 5.33. The lowest BCUT2D eigenvalue weighted by Crippen LogP contribution is -2.17. The molecule has 0 saturated heterocycles. The van der Waals surface area contributed by atoms with Crippen LogP contribution in [0.3, 0.4) is 0 Å². The lowest BCUT2D eigenvalue weighted by Gasteiger charge is -2.14. The second-order valence-corrected chi connectivity index (χ2v) is 5.33. The summed E-state index contributed by atoms with van der Waals surface area (Å²) in [6.07, 6.45) is 7.89. The Hall–Kier alpha value is -2.58. The lowest BCUT2D eigenvalue weighted by molar-refractivity contribution is 0.319. The van der Waals surface area contributed by atoms with E-state index in [9.17, 15) is 5.26 Å². The molecule has 0 N–H and O–H groups in total. The minimum atomic E-state index is 0.736. The van der Waals surface area contributed by atoms with Gasteiger partial charge in [-0.2, -0.15) is 10.4 Å². The highest BCUT2D eigenvalue weighted by Crippen LogP contribution is 2.19. The smallest absolute Gasteiger partial charge is 0.102 e. The SMILES string of the molecule is CN(Cc1cnn(C)c1)Cc1cn2ccccc2c1C#N. The Morgan fingerprint density at radius 3 is 2.86 bits per heavy atom. The van der Waals surface area contributed by atoms with Crippen LogP contribution in [0.1, 0.15) is 16.7 Å². The number of nitriles is 1. The minimum absolute atomic E-state index is 0.736. The van der Waals surface area contributed by atoms with Crippen LogP contribution in [-0.2, 0) is 20.1 Å². The number of nitrogens with zero attached hydrogens (tertiary/aromatic N) is 5. The van der Waals surface area contributed by atoms with Crippen molar-refractivity contribution in [3.63, 3.8) is 0 Å². The average Bonchev–Trinajstić information content (AvgIpc) is 3.01. The largest absolute Gasteiger partial charge is 0.322 e. The zero-order valence-corrected chi connectivity index (χ0v) is 12.2. The molecule has 0 fully saturated rings. The summed E-state index contributed by atoms with van der Waals surface area (Å²) >= 11 is 0. The molecule has 3 aromatic heterocycles. The van der Waals surface area contributed by atoms with Gasteiger partial charge in [-0.1, -0.05) is 6.07 Å². The highest BCUT2D eigenvalue weighted by atomic mass is 15.2. The predicted octanol–water partition coefficient (Wildman–Crippen LogP) is 2.18. The van der Waals surface area contributed by atoms with E-state index < -0.39 is 0 Å². The van der Waals surface area contributed by atoms with E-state index in [1.54, 1.807) is 4.68 Å². The first kappa shape index (κ1) is 13.4. The Balaban J connectivity index is 1.82. The molecule has 106 valence electrons. The van der Waals surface area contributed by atoms with Gasteiger partial charge in [-0.05, 0) is 19.2 Å². The minimum Gasteiger partial charge on any atom is -0.322 e. The van der Waals surface area contributed by atoms with Gasteiger partial charge in [0.25, 0.3) is 0 Å². The predicted molar refractivity (Wildman–Crippen MR) is 80.5 cm³/mol. The van der Waals surface area contributed by atoms with Gasteiger partial charge in [-0.25, -0.2) is 0 Å². The maximum absolute atomic E-state index is 9.42. The van der Waals surface area contributed by atoms with Crippen molar-refractivity contribution in [3.8, 4) is 6.07 Å². The molecular formula is C16H17N5. The molecule has 0 radical (unpaired) electrons. The number of hydrogen-bond donors (Lipinski definition) is 0. The van der Waals surface area contributed by atoms with Gasteiger partial charge in [0.1, 0.15) is 6.07 Å². The first-order chi connectivity index (χ1) is 10.2. The normalized spacial score (nSPS) is 11.1. The number of aromatic nitrogens is 3. The number of fused-ring (bicyclic) bond motifs is 1. The summed E-state index contributed by atoms with van der Waals surface area (Å²) in [5.41, 5.74) is 3.94. The number of hydrogen-bond acceptors (Lipinski definition) is 3. The maximum Gasteiger partial charge on any atom is 0.102 e. The van der Waals surface area contributed by atoms with E-state index in [1.165, 1.54) is 5.56 Å². The second kappa shape index (κ2) is 5.43. The molecule has 0 bridgehead atoms. The molecule has 0 amide bonds. The topological polar surface area (TPSA) is 49.3 Å². The van der Waals surface area contributed by atoms with Crippen LogP contribution >= 0.6 is 0 Å². The van der Waals surface area contributed by atoms with Crippen LogP contribution in [0.25, 0.3) is 5.52 Å². The van der Waals surface area contributed by atoms with Crippen molar-refractivity contribution in [1.29, 1.82) is 5.26 Å². The standard InChI is InChI=1S/C16H17N5/c1-19(9-13-8-18-20(2)10-13)11-14-12-21-6-4-3-5-16(21)15(14)7-17/h3-6,8,10,12H,9,11H2,1-2H3. The summed E-state index contributed by atoms with van der Waals surface area (Å²) in [6.45, 7) is 1.55. The van der Waals surface area contributed by atoms with Crippen molar-refractivity contribution >= 4 is 5.52 Å². The Morgan fingerprint density at radius 1 is 1.29 bits per heavy atom. The van der Waals surface area contributed by atoms with Crippen LogP contribution in [0.2, 0.25) is 0 Å². The van der Waals surface area contributed by atoms with E-state index in [-0.39, 0.29) is 0 Å². The van der Waals surface area contributed by atoms with Crippen LogP contribution < -0.4 is 0 Å². The molecule has 0 spiro atoms. The molecule has 0 aliphatic rings. The van der Waals surface area contributed by atoms with E-state index >= 15 is 0 Å². The average molecular weight is 279 g/mol.